The van der Waals surface area contributed by atoms with Crippen LogP contribution < -0.4 is 10.6 Å². The predicted molar refractivity (Wildman–Crippen MR) is 95.8 cm³/mol. The second-order valence-corrected chi connectivity index (χ2v) is 7.22. The van der Waals surface area contributed by atoms with Crippen LogP contribution in [0.15, 0.2) is 24.3 Å². The van der Waals surface area contributed by atoms with Gasteiger partial charge in [0.15, 0.2) is 0 Å². The van der Waals surface area contributed by atoms with Gasteiger partial charge in [0.1, 0.15) is 0 Å². The number of aliphatic hydroxyl groups is 1. The van der Waals surface area contributed by atoms with E-state index in [1.54, 1.807) is 0 Å². The molecule has 1 saturated heterocycles. The second-order valence-electron chi connectivity index (χ2n) is 7.22. The van der Waals surface area contributed by atoms with Gasteiger partial charge in [-0.25, -0.2) is 0 Å². The molecule has 5 nitrogen and oxygen atoms in total. The Morgan fingerprint density at radius 3 is 2.67 bits per heavy atom. The van der Waals surface area contributed by atoms with Gasteiger partial charge in [-0.15, -0.1) is 0 Å². The maximum atomic E-state index is 12.0. The summed E-state index contributed by atoms with van der Waals surface area (Å²) >= 11 is 0. The molecule has 3 rings (SSSR count). The van der Waals surface area contributed by atoms with Crippen LogP contribution in [0.1, 0.15) is 31.2 Å². The topological polar surface area (TPSA) is 64.6 Å². The molecule has 1 amide bonds. The van der Waals surface area contributed by atoms with E-state index in [1.165, 1.54) is 18.4 Å². The summed E-state index contributed by atoms with van der Waals surface area (Å²) in [6.07, 6.45) is 4.73. The molecular weight excluding hydrogens is 302 g/mol. The standard InChI is InChI=1S/C19H29N3O2/c23-14-16-6-8-22(9-7-16)13-17-2-1-3-18(10-17)21-19(24)12-20-11-15-4-5-15/h1-3,10,15-16,20,23H,4-9,11-14H2,(H,21,24). The Bertz CT molecular complexity index is 537. The van der Waals surface area contributed by atoms with Gasteiger partial charge in [0.2, 0.25) is 5.91 Å². The van der Waals surface area contributed by atoms with E-state index < -0.39 is 0 Å². The summed E-state index contributed by atoms with van der Waals surface area (Å²) in [6, 6.07) is 8.12. The first-order valence-electron chi connectivity index (χ1n) is 9.15. The van der Waals surface area contributed by atoms with Crippen molar-refractivity contribution in [1.29, 1.82) is 0 Å². The van der Waals surface area contributed by atoms with Crippen LogP contribution >= 0.6 is 0 Å². The Morgan fingerprint density at radius 1 is 1.17 bits per heavy atom. The van der Waals surface area contributed by atoms with Crippen LogP contribution in [0, 0.1) is 11.8 Å². The molecule has 3 N–H and O–H groups in total. The molecule has 1 aliphatic carbocycles. The molecule has 1 heterocycles. The predicted octanol–water partition coefficient (Wildman–Crippen LogP) is 1.83. The molecule has 132 valence electrons. The number of benzene rings is 1. The van der Waals surface area contributed by atoms with Crippen LogP contribution in [0.5, 0.6) is 0 Å². The average Bonchev–Trinajstić information content (AvgIpc) is 3.40. The smallest absolute Gasteiger partial charge is 0.238 e. The van der Waals surface area contributed by atoms with Gasteiger partial charge in [-0.1, -0.05) is 12.1 Å². The van der Waals surface area contributed by atoms with E-state index in [0.717, 1.165) is 50.6 Å². The van der Waals surface area contributed by atoms with Crippen molar-refractivity contribution in [2.24, 2.45) is 11.8 Å². The van der Waals surface area contributed by atoms with Crippen LogP contribution in [0.4, 0.5) is 5.69 Å². The monoisotopic (exact) mass is 331 g/mol. The van der Waals surface area contributed by atoms with Crippen molar-refractivity contribution in [3.63, 3.8) is 0 Å². The van der Waals surface area contributed by atoms with Crippen LogP contribution in [0.2, 0.25) is 0 Å². The zero-order valence-electron chi connectivity index (χ0n) is 14.3. The van der Waals surface area contributed by atoms with Crippen molar-refractivity contribution in [2.45, 2.75) is 32.2 Å². The number of nitrogens with one attached hydrogen (secondary N) is 2. The summed E-state index contributed by atoms with van der Waals surface area (Å²) in [5.74, 6) is 1.28. The normalized spacial score (nSPS) is 19.4. The van der Waals surface area contributed by atoms with E-state index in [0.29, 0.717) is 19.1 Å². The van der Waals surface area contributed by atoms with Crippen molar-refractivity contribution < 1.29 is 9.90 Å². The summed E-state index contributed by atoms with van der Waals surface area (Å²) in [5, 5.41) is 15.4. The fourth-order valence-electron chi connectivity index (χ4n) is 3.25. The first-order chi connectivity index (χ1) is 11.7. The van der Waals surface area contributed by atoms with Gasteiger partial charge in [-0.2, -0.15) is 0 Å². The number of nitrogens with zero attached hydrogens (tertiary/aromatic N) is 1. The van der Waals surface area contributed by atoms with Gasteiger partial charge in [-0.05, 0) is 74.8 Å². The number of aliphatic hydroxyl groups excluding tert-OH is 1. The first kappa shape index (κ1) is 17.4. The van der Waals surface area contributed by atoms with E-state index in [2.05, 4.69) is 27.7 Å². The fourth-order valence-corrected chi connectivity index (χ4v) is 3.25. The Balaban J connectivity index is 1.44. The molecule has 0 radical (unpaired) electrons. The van der Waals surface area contributed by atoms with Crippen molar-refractivity contribution >= 4 is 11.6 Å². The van der Waals surface area contributed by atoms with E-state index in [1.807, 2.05) is 12.1 Å². The minimum Gasteiger partial charge on any atom is -0.396 e. The summed E-state index contributed by atoms with van der Waals surface area (Å²) in [6.45, 7) is 4.62. The van der Waals surface area contributed by atoms with Crippen LogP contribution in [-0.2, 0) is 11.3 Å². The quantitative estimate of drug-likeness (QED) is 0.680. The molecule has 1 aromatic carbocycles. The number of hydrogen-bond donors (Lipinski definition) is 3. The zero-order chi connectivity index (χ0) is 16.8. The van der Waals surface area contributed by atoms with Crippen LogP contribution in [-0.4, -0.2) is 48.7 Å². The molecule has 0 unspecified atom stereocenters. The van der Waals surface area contributed by atoms with E-state index in [4.69, 9.17) is 0 Å². The van der Waals surface area contributed by atoms with Crippen molar-refractivity contribution in [3.05, 3.63) is 29.8 Å². The minimum atomic E-state index is 0.0246. The molecule has 5 heteroatoms. The lowest BCUT2D eigenvalue weighted by Gasteiger charge is -2.31. The number of amides is 1. The second kappa shape index (κ2) is 8.60. The van der Waals surface area contributed by atoms with E-state index >= 15 is 0 Å². The maximum Gasteiger partial charge on any atom is 0.238 e. The third kappa shape index (κ3) is 5.58. The average molecular weight is 331 g/mol. The lowest BCUT2D eigenvalue weighted by Crippen LogP contribution is -2.34. The molecule has 1 aromatic rings. The van der Waals surface area contributed by atoms with Gasteiger partial charge in [0.25, 0.3) is 0 Å². The number of anilines is 1. The third-order valence-corrected chi connectivity index (χ3v) is 5.00. The van der Waals surface area contributed by atoms with E-state index in [9.17, 15) is 9.90 Å². The SMILES string of the molecule is O=C(CNCC1CC1)Nc1cccc(CN2CCC(CO)CC2)c1. The first-order valence-corrected chi connectivity index (χ1v) is 9.15. The molecule has 1 saturated carbocycles. The molecule has 24 heavy (non-hydrogen) atoms. The molecule has 2 fully saturated rings. The Morgan fingerprint density at radius 2 is 1.96 bits per heavy atom. The summed E-state index contributed by atoms with van der Waals surface area (Å²) in [4.78, 5) is 14.4. The highest BCUT2D eigenvalue weighted by Crippen LogP contribution is 2.27. The minimum absolute atomic E-state index is 0.0246. The molecule has 1 aliphatic heterocycles. The highest BCUT2D eigenvalue weighted by Gasteiger charge is 2.20. The molecule has 0 atom stereocenters. The fraction of sp³-hybridized carbons (Fsp3) is 0.632. The van der Waals surface area contributed by atoms with Gasteiger partial charge in [0, 0.05) is 18.8 Å². The number of rotatable bonds is 8. The van der Waals surface area contributed by atoms with Crippen molar-refractivity contribution in [1.82, 2.24) is 10.2 Å². The summed E-state index contributed by atoms with van der Waals surface area (Å²) in [5.41, 5.74) is 2.09. The van der Waals surface area contributed by atoms with Crippen LogP contribution in [0.3, 0.4) is 0 Å². The summed E-state index contributed by atoms with van der Waals surface area (Å²) in [7, 11) is 0. The highest BCUT2D eigenvalue weighted by atomic mass is 16.3. The lowest BCUT2D eigenvalue weighted by molar-refractivity contribution is -0.115. The zero-order valence-corrected chi connectivity index (χ0v) is 14.3. The van der Waals surface area contributed by atoms with Crippen molar-refractivity contribution in [2.75, 3.05) is 38.1 Å². The molecule has 0 bridgehead atoms. The van der Waals surface area contributed by atoms with Gasteiger partial charge >= 0.3 is 0 Å². The lowest BCUT2D eigenvalue weighted by atomic mass is 9.97. The number of piperidine rings is 1. The molecule has 0 spiro atoms. The van der Waals surface area contributed by atoms with Gasteiger partial charge in [0.05, 0.1) is 6.54 Å². The Kier molecular flexibility index (Phi) is 6.24. The molecule has 0 aromatic heterocycles. The molecular formula is C19H29N3O2. The highest BCUT2D eigenvalue weighted by molar-refractivity contribution is 5.92. The van der Waals surface area contributed by atoms with Crippen LogP contribution in [0.25, 0.3) is 0 Å². The number of carbonyl (C=O) groups is 1. The Labute approximate surface area is 144 Å². The Hall–Kier alpha value is -1.43. The number of carbonyl (C=O) groups excluding carboxylic acids is 1. The largest absolute Gasteiger partial charge is 0.396 e. The van der Waals surface area contributed by atoms with Gasteiger partial charge in [-0.3, -0.25) is 9.69 Å². The summed E-state index contributed by atoms with van der Waals surface area (Å²) < 4.78 is 0. The third-order valence-electron chi connectivity index (χ3n) is 5.00. The van der Waals surface area contributed by atoms with Gasteiger partial charge < -0.3 is 15.7 Å². The van der Waals surface area contributed by atoms with Crippen molar-refractivity contribution in [3.8, 4) is 0 Å². The molecule has 2 aliphatic rings. The van der Waals surface area contributed by atoms with E-state index in [-0.39, 0.29) is 5.91 Å². The number of hydrogen-bond acceptors (Lipinski definition) is 4. The number of likely N-dealkylation sites (tertiary alicyclic amines) is 1. The maximum absolute atomic E-state index is 12.0.